The number of furan rings is 1. The van der Waals surface area contributed by atoms with Gasteiger partial charge in [-0.1, -0.05) is 15.9 Å². The molecule has 1 aromatic carbocycles. The first-order valence-electron chi connectivity index (χ1n) is 5.40. The summed E-state index contributed by atoms with van der Waals surface area (Å²) >= 11 is 6.68. The third kappa shape index (κ3) is 2.80. The molecule has 0 saturated carbocycles. The summed E-state index contributed by atoms with van der Waals surface area (Å²) in [6.45, 7) is 0. The lowest BCUT2D eigenvalue weighted by molar-refractivity contribution is 0.216. The second kappa shape index (κ2) is 5.98. The van der Waals surface area contributed by atoms with Crippen molar-refractivity contribution in [2.45, 2.75) is 6.10 Å². The first kappa shape index (κ1) is 14.4. The molecule has 0 spiro atoms. The third-order valence-electron chi connectivity index (χ3n) is 2.74. The summed E-state index contributed by atoms with van der Waals surface area (Å²) in [4.78, 5) is 0. The van der Waals surface area contributed by atoms with Gasteiger partial charge in [0.1, 0.15) is 6.10 Å². The molecular formula is C13H12Br2O4. The Bertz CT molecular complexity index is 580. The molecule has 1 aromatic heterocycles. The Morgan fingerprint density at radius 3 is 2.26 bits per heavy atom. The molecule has 0 aliphatic carbocycles. The maximum absolute atomic E-state index is 10.4. The zero-order chi connectivity index (χ0) is 14.0. The highest BCUT2D eigenvalue weighted by molar-refractivity contribution is 9.10. The van der Waals surface area contributed by atoms with E-state index >= 15 is 0 Å². The van der Waals surface area contributed by atoms with Gasteiger partial charge < -0.3 is 19.0 Å². The zero-order valence-corrected chi connectivity index (χ0v) is 13.5. The van der Waals surface area contributed by atoms with Crippen molar-refractivity contribution in [3.8, 4) is 11.5 Å². The number of aliphatic hydroxyl groups excluding tert-OH is 1. The molecule has 0 fully saturated rings. The topological polar surface area (TPSA) is 51.8 Å². The number of rotatable bonds is 4. The van der Waals surface area contributed by atoms with Gasteiger partial charge >= 0.3 is 0 Å². The molecule has 1 N–H and O–H groups in total. The number of methoxy groups -OCH3 is 2. The SMILES string of the molecule is COc1cc(Br)c(C(O)c2ccoc2Br)cc1OC. The van der Waals surface area contributed by atoms with E-state index < -0.39 is 6.10 Å². The molecule has 0 aliphatic rings. The van der Waals surface area contributed by atoms with Crippen LogP contribution in [0.3, 0.4) is 0 Å². The summed E-state index contributed by atoms with van der Waals surface area (Å²) in [6.07, 6.45) is 0.680. The lowest BCUT2D eigenvalue weighted by atomic mass is 10.0. The molecular weight excluding hydrogens is 380 g/mol. The minimum atomic E-state index is -0.831. The third-order valence-corrected chi connectivity index (χ3v) is 4.07. The molecule has 6 heteroatoms. The van der Waals surface area contributed by atoms with Crippen molar-refractivity contribution in [1.82, 2.24) is 0 Å². The van der Waals surface area contributed by atoms with Crippen LogP contribution in [0.4, 0.5) is 0 Å². The fourth-order valence-corrected chi connectivity index (χ4v) is 2.74. The fraction of sp³-hybridized carbons (Fsp3) is 0.231. The quantitative estimate of drug-likeness (QED) is 0.858. The number of benzene rings is 1. The molecule has 19 heavy (non-hydrogen) atoms. The van der Waals surface area contributed by atoms with Crippen LogP contribution in [-0.2, 0) is 0 Å². The first-order chi connectivity index (χ1) is 9.08. The first-order valence-corrected chi connectivity index (χ1v) is 6.99. The molecule has 2 aromatic rings. The monoisotopic (exact) mass is 390 g/mol. The molecule has 0 bridgehead atoms. The number of hydrogen-bond acceptors (Lipinski definition) is 4. The van der Waals surface area contributed by atoms with Gasteiger partial charge in [-0.15, -0.1) is 0 Å². The molecule has 1 heterocycles. The Morgan fingerprint density at radius 1 is 1.11 bits per heavy atom. The minimum Gasteiger partial charge on any atom is -0.493 e. The van der Waals surface area contributed by atoms with Crippen molar-refractivity contribution < 1.29 is 19.0 Å². The Morgan fingerprint density at radius 2 is 1.74 bits per heavy atom. The van der Waals surface area contributed by atoms with E-state index in [0.29, 0.717) is 27.3 Å². The van der Waals surface area contributed by atoms with Gasteiger partial charge in [0.15, 0.2) is 16.2 Å². The molecule has 0 amide bonds. The molecule has 1 atom stereocenters. The van der Waals surface area contributed by atoms with Crippen LogP contribution in [0.2, 0.25) is 0 Å². The van der Waals surface area contributed by atoms with Crippen LogP contribution in [0.15, 0.2) is 38.0 Å². The predicted octanol–water partition coefficient (Wildman–Crippen LogP) is 3.90. The fourth-order valence-electron chi connectivity index (χ4n) is 1.75. The van der Waals surface area contributed by atoms with Crippen LogP contribution in [0.5, 0.6) is 11.5 Å². The van der Waals surface area contributed by atoms with Gasteiger partial charge in [-0.3, -0.25) is 0 Å². The van der Waals surface area contributed by atoms with Gasteiger partial charge in [0.25, 0.3) is 0 Å². The zero-order valence-electron chi connectivity index (χ0n) is 10.3. The molecule has 102 valence electrons. The maximum Gasteiger partial charge on any atom is 0.175 e. The van der Waals surface area contributed by atoms with Crippen LogP contribution in [0, 0.1) is 0 Å². The van der Waals surface area contributed by atoms with Gasteiger partial charge in [0.2, 0.25) is 0 Å². The Kier molecular flexibility index (Phi) is 4.54. The normalized spacial score (nSPS) is 12.3. The van der Waals surface area contributed by atoms with Gasteiger partial charge in [-0.05, 0) is 34.1 Å². The average molecular weight is 392 g/mol. The standard InChI is InChI=1S/C13H12Br2O4/c1-17-10-5-8(9(14)6-11(10)18-2)12(16)7-3-4-19-13(7)15/h3-6,12,16H,1-2H3. The Hall–Kier alpha value is -0.980. The highest BCUT2D eigenvalue weighted by Crippen LogP contribution is 2.39. The summed E-state index contributed by atoms with van der Waals surface area (Å²) in [7, 11) is 3.11. The molecule has 0 aliphatic heterocycles. The summed E-state index contributed by atoms with van der Waals surface area (Å²) in [6, 6.07) is 5.19. The number of ether oxygens (including phenoxy) is 2. The molecule has 4 nitrogen and oxygen atoms in total. The van der Waals surface area contributed by atoms with Gasteiger partial charge in [0, 0.05) is 15.6 Å². The summed E-state index contributed by atoms with van der Waals surface area (Å²) < 4.78 is 16.8. The molecule has 0 saturated heterocycles. The largest absolute Gasteiger partial charge is 0.493 e. The summed E-state index contributed by atoms with van der Waals surface area (Å²) in [5.74, 6) is 1.15. The van der Waals surface area contributed by atoms with Crippen LogP contribution >= 0.6 is 31.9 Å². The molecule has 0 radical (unpaired) electrons. The van der Waals surface area contributed by atoms with Crippen LogP contribution < -0.4 is 9.47 Å². The number of halogens is 2. The Labute approximate surface area is 127 Å². The highest BCUT2D eigenvalue weighted by atomic mass is 79.9. The van der Waals surface area contributed by atoms with E-state index in [1.165, 1.54) is 6.26 Å². The van der Waals surface area contributed by atoms with Crippen LogP contribution in [0.25, 0.3) is 0 Å². The second-order valence-electron chi connectivity index (χ2n) is 3.78. The van der Waals surface area contributed by atoms with Crippen molar-refractivity contribution >= 4 is 31.9 Å². The minimum absolute atomic E-state index is 0.502. The number of hydrogen-bond donors (Lipinski definition) is 1. The van der Waals surface area contributed by atoms with Gasteiger partial charge in [-0.2, -0.15) is 0 Å². The van der Waals surface area contributed by atoms with Gasteiger partial charge in [-0.25, -0.2) is 0 Å². The van der Waals surface area contributed by atoms with E-state index in [2.05, 4.69) is 31.9 Å². The smallest absolute Gasteiger partial charge is 0.175 e. The average Bonchev–Trinajstić information content (AvgIpc) is 2.83. The van der Waals surface area contributed by atoms with Gasteiger partial charge in [0.05, 0.1) is 20.5 Å². The van der Waals surface area contributed by atoms with E-state index in [4.69, 9.17) is 13.9 Å². The predicted molar refractivity (Wildman–Crippen MR) is 77.7 cm³/mol. The van der Waals surface area contributed by atoms with Crippen LogP contribution in [-0.4, -0.2) is 19.3 Å². The van der Waals surface area contributed by atoms with Crippen molar-refractivity contribution in [2.75, 3.05) is 14.2 Å². The summed E-state index contributed by atoms with van der Waals surface area (Å²) in [5.41, 5.74) is 1.31. The summed E-state index contributed by atoms with van der Waals surface area (Å²) in [5, 5.41) is 10.4. The van der Waals surface area contributed by atoms with E-state index in [1.807, 2.05) is 0 Å². The Balaban J connectivity index is 2.48. The van der Waals surface area contributed by atoms with Crippen molar-refractivity contribution in [2.24, 2.45) is 0 Å². The molecule has 2 rings (SSSR count). The van der Waals surface area contributed by atoms with E-state index in [9.17, 15) is 5.11 Å². The second-order valence-corrected chi connectivity index (χ2v) is 5.36. The lowest BCUT2D eigenvalue weighted by Crippen LogP contribution is -2.02. The number of aliphatic hydroxyl groups is 1. The van der Waals surface area contributed by atoms with Crippen molar-refractivity contribution in [3.05, 3.63) is 44.7 Å². The van der Waals surface area contributed by atoms with Crippen molar-refractivity contribution in [1.29, 1.82) is 0 Å². The van der Waals surface area contributed by atoms with E-state index in [1.54, 1.807) is 32.4 Å². The lowest BCUT2D eigenvalue weighted by Gasteiger charge is -2.15. The van der Waals surface area contributed by atoms with E-state index in [-0.39, 0.29) is 0 Å². The molecule has 1 unspecified atom stereocenters. The van der Waals surface area contributed by atoms with Crippen LogP contribution in [0.1, 0.15) is 17.2 Å². The maximum atomic E-state index is 10.4. The van der Waals surface area contributed by atoms with Crippen molar-refractivity contribution in [3.63, 3.8) is 0 Å². The highest BCUT2D eigenvalue weighted by Gasteiger charge is 2.21. The van der Waals surface area contributed by atoms with E-state index in [0.717, 1.165) is 4.47 Å².